The summed E-state index contributed by atoms with van der Waals surface area (Å²) >= 11 is 0. The van der Waals surface area contributed by atoms with E-state index in [1.54, 1.807) is 7.11 Å². The fraction of sp³-hybridized carbons (Fsp3) is 0.455. The molecule has 0 amide bonds. The SMILES string of the molecule is COc1cccc2c1CCO[C@H]2CN. The van der Waals surface area contributed by atoms with Crippen LogP contribution in [0.5, 0.6) is 5.75 Å². The second-order valence-corrected chi connectivity index (χ2v) is 3.37. The molecule has 0 fully saturated rings. The molecule has 3 nitrogen and oxygen atoms in total. The van der Waals surface area contributed by atoms with Crippen molar-refractivity contribution in [3.05, 3.63) is 29.3 Å². The van der Waals surface area contributed by atoms with Crippen LogP contribution < -0.4 is 10.5 Å². The van der Waals surface area contributed by atoms with Crippen molar-refractivity contribution in [2.75, 3.05) is 20.3 Å². The molecule has 1 heterocycles. The Morgan fingerprint density at radius 2 is 2.43 bits per heavy atom. The van der Waals surface area contributed by atoms with Crippen molar-refractivity contribution in [3.63, 3.8) is 0 Å². The minimum Gasteiger partial charge on any atom is -0.496 e. The first-order valence-corrected chi connectivity index (χ1v) is 4.84. The number of ether oxygens (including phenoxy) is 2. The molecule has 0 spiro atoms. The van der Waals surface area contributed by atoms with Crippen LogP contribution in [0, 0.1) is 0 Å². The molecule has 2 N–H and O–H groups in total. The Balaban J connectivity index is 2.43. The molecule has 0 bridgehead atoms. The third-order valence-electron chi connectivity index (χ3n) is 2.62. The molecule has 3 heteroatoms. The smallest absolute Gasteiger partial charge is 0.122 e. The number of hydrogen-bond donors (Lipinski definition) is 1. The standard InChI is InChI=1S/C11H15NO2/c1-13-10-4-2-3-8-9(10)5-6-14-11(8)7-12/h2-4,11H,5-7,12H2,1H3/t11-/m0/s1. The molecular weight excluding hydrogens is 178 g/mol. The van der Waals surface area contributed by atoms with Gasteiger partial charge < -0.3 is 15.2 Å². The first-order valence-electron chi connectivity index (χ1n) is 4.84. The van der Waals surface area contributed by atoms with Gasteiger partial charge in [0.2, 0.25) is 0 Å². The van der Waals surface area contributed by atoms with Crippen LogP contribution >= 0.6 is 0 Å². The lowest BCUT2D eigenvalue weighted by Crippen LogP contribution is -2.23. The monoisotopic (exact) mass is 193 g/mol. The number of benzene rings is 1. The second-order valence-electron chi connectivity index (χ2n) is 3.37. The zero-order valence-corrected chi connectivity index (χ0v) is 8.32. The lowest BCUT2D eigenvalue weighted by atomic mass is 9.96. The zero-order valence-electron chi connectivity index (χ0n) is 8.32. The van der Waals surface area contributed by atoms with E-state index in [0.717, 1.165) is 18.8 Å². The lowest BCUT2D eigenvalue weighted by molar-refractivity contribution is 0.0477. The lowest BCUT2D eigenvalue weighted by Gasteiger charge is -2.26. The number of nitrogens with two attached hydrogens (primary N) is 1. The molecule has 1 aromatic rings. The number of rotatable bonds is 2. The minimum absolute atomic E-state index is 0.0360. The van der Waals surface area contributed by atoms with Gasteiger partial charge in [-0.05, 0) is 18.1 Å². The Kier molecular flexibility index (Phi) is 2.70. The van der Waals surface area contributed by atoms with Gasteiger partial charge in [0.05, 0.1) is 19.8 Å². The maximum absolute atomic E-state index is 5.64. The van der Waals surface area contributed by atoms with Crippen molar-refractivity contribution in [3.8, 4) is 5.75 Å². The van der Waals surface area contributed by atoms with Crippen LogP contribution in [-0.2, 0) is 11.2 Å². The fourth-order valence-corrected chi connectivity index (χ4v) is 1.93. The molecule has 0 saturated carbocycles. The first kappa shape index (κ1) is 9.49. The topological polar surface area (TPSA) is 44.5 Å². The third-order valence-corrected chi connectivity index (χ3v) is 2.62. The molecule has 76 valence electrons. The predicted octanol–water partition coefficient (Wildman–Crippen LogP) is 1.27. The van der Waals surface area contributed by atoms with Crippen molar-refractivity contribution >= 4 is 0 Å². The normalized spacial score (nSPS) is 20.3. The summed E-state index contributed by atoms with van der Waals surface area (Å²) in [7, 11) is 1.70. The molecular formula is C11H15NO2. The van der Waals surface area contributed by atoms with Crippen molar-refractivity contribution in [1.82, 2.24) is 0 Å². The summed E-state index contributed by atoms with van der Waals surface area (Å²) in [6.07, 6.45) is 0.949. The van der Waals surface area contributed by atoms with Crippen LogP contribution in [-0.4, -0.2) is 20.3 Å². The van der Waals surface area contributed by atoms with Gasteiger partial charge in [-0.3, -0.25) is 0 Å². The van der Waals surface area contributed by atoms with Gasteiger partial charge >= 0.3 is 0 Å². The number of hydrogen-bond acceptors (Lipinski definition) is 3. The molecule has 1 aliphatic rings. The average Bonchev–Trinajstić information content (AvgIpc) is 2.27. The van der Waals surface area contributed by atoms with Crippen LogP contribution in [0.15, 0.2) is 18.2 Å². The second kappa shape index (κ2) is 3.98. The molecule has 0 unspecified atom stereocenters. The van der Waals surface area contributed by atoms with E-state index in [1.165, 1.54) is 11.1 Å². The average molecular weight is 193 g/mol. The van der Waals surface area contributed by atoms with E-state index in [4.69, 9.17) is 15.2 Å². The Morgan fingerprint density at radius 1 is 1.57 bits per heavy atom. The van der Waals surface area contributed by atoms with Gasteiger partial charge in [-0.1, -0.05) is 12.1 Å². The first-order chi connectivity index (χ1) is 6.86. The fourth-order valence-electron chi connectivity index (χ4n) is 1.93. The highest BCUT2D eigenvalue weighted by atomic mass is 16.5. The van der Waals surface area contributed by atoms with Crippen molar-refractivity contribution in [1.29, 1.82) is 0 Å². The van der Waals surface area contributed by atoms with E-state index in [1.807, 2.05) is 12.1 Å². The maximum atomic E-state index is 5.64. The van der Waals surface area contributed by atoms with Crippen LogP contribution in [0.3, 0.4) is 0 Å². The molecule has 1 aliphatic heterocycles. The summed E-state index contributed by atoms with van der Waals surface area (Å²) in [6.45, 7) is 1.26. The van der Waals surface area contributed by atoms with Gasteiger partial charge in [0, 0.05) is 12.1 Å². The van der Waals surface area contributed by atoms with E-state index in [-0.39, 0.29) is 6.10 Å². The molecule has 0 aromatic heterocycles. The van der Waals surface area contributed by atoms with E-state index in [2.05, 4.69) is 6.07 Å². The Labute approximate surface area is 83.8 Å². The molecule has 1 atom stereocenters. The quantitative estimate of drug-likeness (QED) is 0.769. The van der Waals surface area contributed by atoms with Gasteiger partial charge in [-0.2, -0.15) is 0 Å². The number of fused-ring (bicyclic) bond motifs is 1. The summed E-state index contributed by atoms with van der Waals surface area (Å²) in [5.41, 5.74) is 8.07. The van der Waals surface area contributed by atoms with Crippen molar-refractivity contribution in [2.45, 2.75) is 12.5 Å². The highest BCUT2D eigenvalue weighted by Crippen LogP contribution is 2.32. The van der Waals surface area contributed by atoms with Gasteiger partial charge in [0.15, 0.2) is 0 Å². The van der Waals surface area contributed by atoms with Gasteiger partial charge in [0.25, 0.3) is 0 Å². The highest BCUT2D eigenvalue weighted by molar-refractivity contribution is 5.42. The highest BCUT2D eigenvalue weighted by Gasteiger charge is 2.21. The minimum atomic E-state index is 0.0360. The molecule has 0 radical (unpaired) electrons. The third kappa shape index (κ3) is 1.49. The van der Waals surface area contributed by atoms with Gasteiger partial charge in [-0.25, -0.2) is 0 Å². The van der Waals surface area contributed by atoms with E-state index < -0.39 is 0 Å². The van der Waals surface area contributed by atoms with Crippen LogP contribution in [0.2, 0.25) is 0 Å². The summed E-state index contributed by atoms with van der Waals surface area (Å²) < 4.78 is 10.9. The largest absolute Gasteiger partial charge is 0.496 e. The molecule has 0 saturated heterocycles. The van der Waals surface area contributed by atoms with Gasteiger partial charge in [-0.15, -0.1) is 0 Å². The Morgan fingerprint density at radius 3 is 3.14 bits per heavy atom. The summed E-state index contributed by atoms with van der Waals surface area (Å²) in [5.74, 6) is 0.948. The summed E-state index contributed by atoms with van der Waals surface area (Å²) in [5, 5.41) is 0. The van der Waals surface area contributed by atoms with Crippen LogP contribution in [0.4, 0.5) is 0 Å². The van der Waals surface area contributed by atoms with Crippen LogP contribution in [0.1, 0.15) is 17.2 Å². The maximum Gasteiger partial charge on any atom is 0.122 e. The Bertz CT molecular complexity index is 325. The molecule has 1 aromatic carbocycles. The number of methoxy groups -OCH3 is 1. The zero-order chi connectivity index (χ0) is 9.97. The molecule has 2 rings (SSSR count). The van der Waals surface area contributed by atoms with Crippen LogP contribution in [0.25, 0.3) is 0 Å². The summed E-state index contributed by atoms with van der Waals surface area (Å²) in [6, 6.07) is 6.03. The van der Waals surface area contributed by atoms with E-state index in [0.29, 0.717) is 6.54 Å². The van der Waals surface area contributed by atoms with Gasteiger partial charge in [0.1, 0.15) is 5.75 Å². The Hall–Kier alpha value is -1.06. The molecule has 0 aliphatic carbocycles. The predicted molar refractivity (Wildman–Crippen MR) is 54.4 cm³/mol. The van der Waals surface area contributed by atoms with E-state index >= 15 is 0 Å². The van der Waals surface area contributed by atoms with Crippen molar-refractivity contribution < 1.29 is 9.47 Å². The van der Waals surface area contributed by atoms with E-state index in [9.17, 15) is 0 Å². The molecule has 14 heavy (non-hydrogen) atoms. The summed E-state index contributed by atoms with van der Waals surface area (Å²) in [4.78, 5) is 0. The van der Waals surface area contributed by atoms with Crippen molar-refractivity contribution in [2.24, 2.45) is 5.73 Å².